The molecule has 0 unspecified atom stereocenters. The Balaban J connectivity index is 1.92. The Hall–Kier alpha value is -3.39. The molecule has 0 radical (unpaired) electrons. The highest BCUT2D eigenvalue weighted by atomic mass is 19.1. The second-order valence-electron chi connectivity index (χ2n) is 9.46. The van der Waals surface area contributed by atoms with E-state index in [1.54, 1.807) is 12.1 Å². The van der Waals surface area contributed by atoms with Crippen LogP contribution in [0.1, 0.15) is 49.3 Å². The van der Waals surface area contributed by atoms with Crippen LogP contribution in [0.25, 0.3) is 10.9 Å². The van der Waals surface area contributed by atoms with Gasteiger partial charge >= 0.3 is 5.97 Å². The molecule has 1 aliphatic heterocycles. The van der Waals surface area contributed by atoms with E-state index in [2.05, 4.69) is 29.0 Å². The largest absolute Gasteiger partial charge is 0.492 e. The van der Waals surface area contributed by atoms with E-state index < -0.39 is 11.8 Å². The molecule has 0 saturated carbocycles. The number of piperazine rings is 1. The van der Waals surface area contributed by atoms with Crippen LogP contribution in [-0.4, -0.2) is 59.8 Å². The maximum Gasteiger partial charge on any atom is 0.339 e. The number of aromatic nitrogens is 1. The van der Waals surface area contributed by atoms with Crippen LogP contribution in [0.5, 0.6) is 5.75 Å². The topological polar surface area (TPSA) is 77.9 Å². The molecule has 0 amide bonds. The van der Waals surface area contributed by atoms with Crippen molar-refractivity contribution in [3.8, 4) is 5.75 Å². The zero-order chi connectivity index (χ0) is 26.0. The number of hydrogen-bond donors (Lipinski definition) is 2. The summed E-state index contributed by atoms with van der Waals surface area (Å²) in [6.45, 7) is 14.1. The van der Waals surface area contributed by atoms with Crippen molar-refractivity contribution in [2.75, 3.05) is 43.0 Å². The first kappa shape index (κ1) is 25.7. The van der Waals surface area contributed by atoms with Crippen molar-refractivity contribution in [2.24, 2.45) is 0 Å². The van der Waals surface area contributed by atoms with Gasteiger partial charge in [0.2, 0.25) is 0 Å². The molecule has 2 N–H and O–H groups in total. The van der Waals surface area contributed by atoms with E-state index in [0.717, 1.165) is 37.4 Å². The summed E-state index contributed by atoms with van der Waals surface area (Å²) in [4.78, 5) is 21.8. The quantitative estimate of drug-likeness (QED) is 0.421. The average molecular weight is 495 g/mol. The molecule has 8 heteroatoms. The average Bonchev–Trinajstić information content (AvgIpc) is 2.85. The number of nitrogens with zero attached hydrogens (tertiary/aromatic N) is 3. The number of nitrogens with one attached hydrogen (secondary N) is 1. The Bertz CT molecular complexity index is 1270. The van der Waals surface area contributed by atoms with Crippen LogP contribution in [0, 0.1) is 12.7 Å². The smallest absolute Gasteiger partial charge is 0.339 e. The number of rotatable bonds is 8. The van der Waals surface area contributed by atoms with Crippen molar-refractivity contribution in [3.63, 3.8) is 0 Å². The van der Waals surface area contributed by atoms with E-state index in [-0.39, 0.29) is 11.3 Å². The predicted molar refractivity (Wildman–Crippen MR) is 143 cm³/mol. The van der Waals surface area contributed by atoms with Crippen molar-refractivity contribution in [2.45, 2.75) is 47.1 Å². The fourth-order valence-corrected chi connectivity index (χ4v) is 4.81. The molecule has 0 bridgehead atoms. The third-order valence-electron chi connectivity index (χ3n) is 6.76. The lowest BCUT2D eigenvalue weighted by atomic mass is 10.0. The lowest BCUT2D eigenvalue weighted by Gasteiger charge is -2.38. The zero-order valence-electron chi connectivity index (χ0n) is 21.7. The van der Waals surface area contributed by atoms with Gasteiger partial charge < -0.3 is 20.1 Å². The first-order chi connectivity index (χ1) is 17.2. The van der Waals surface area contributed by atoms with Crippen LogP contribution < -0.4 is 15.0 Å². The number of carboxylic acids is 1. The summed E-state index contributed by atoms with van der Waals surface area (Å²) in [5.41, 5.74) is 3.44. The molecule has 0 spiro atoms. The van der Waals surface area contributed by atoms with Crippen molar-refractivity contribution in [1.29, 1.82) is 0 Å². The molecular formula is C28H35FN4O3. The van der Waals surface area contributed by atoms with Gasteiger partial charge in [-0.3, -0.25) is 9.88 Å². The molecule has 7 nitrogen and oxygen atoms in total. The summed E-state index contributed by atoms with van der Waals surface area (Å²) in [6, 6.07) is 9.05. The number of ether oxygens (including phenoxy) is 1. The summed E-state index contributed by atoms with van der Waals surface area (Å²) in [5, 5.41) is 13.9. The fraction of sp³-hybridized carbons (Fsp3) is 0.429. The van der Waals surface area contributed by atoms with Gasteiger partial charge in [0.15, 0.2) is 0 Å². The molecule has 0 aliphatic carbocycles. The van der Waals surface area contributed by atoms with E-state index in [1.807, 2.05) is 32.9 Å². The van der Waals surface area contributed by atoms with Crippen molar-refractivity contribution in [1.82, 2.24) is 9.88 Å². The maximum absolute atomic E-state index is 14.7. The number of anilines is 3. The summed E-state index contributed by atoms with van der Waals surface area (Å²) in [7, 11) is 0. The van der Waals surface area contributed by atoms with Gasteiger partial charge in [-0.05, 0) is 57.9 Å². The number of carboxylic acid groups (broad SMARTS) is 1. The Morgan fingerprint density at radius 1 is 1.17 bits per heavy atom. The highest BCUT2D eigenvalue weighted by Gasteiger charge is 2.26. The van der Waals surface area contributed by atoms with Gasteiger partial charge in [0.05, 0.1) is 34.9 Å². The van der Waals surface area contributed by atoms with Crippen LogP contribution in [-0.2, 0) is 6.42 Å². The van der Waals surface area contributed by atoms with E-state index in [1.165, 1.54) is 6.07 Å². The van der Waals surface area contributed by atoms with E-state index in [0.29, 0.717) is 47.1 Å². The monoisotopic (exact) mass is 494 g/mol. The lowest BCUT2D eigenvalue weighted by Crippen LogP contribution is -2.49. The van der Waals surface area contributed by atoms with Gasteiger partial charge in [-0.25, -0.2) is 9.18 Å². The number of aryl methyl sites for hydroxylation is 2. The number of pyridine rings is 1. The molecule has 1 aromatic heterocycles. The second kappa shape index (κ2) is 10.7. The minimum Gasteiger partial charge on any atom is -0.492 e. The molecular weight excluding hydrogens is 459 g/mol. The van der Waals surface area contributed by atoms with Crippen molar-refractivity contribution < 1.29 is 19.0 Å². The first-order valence-electron chi connectivity index (χ1n) is 12.6. The molecule has 2 heterocycles. The van der Waals surface area contributed by atoms with Crippen LogP contribution >= 0.6 is 0 Å². The number of halogens is 1. The standard InChI is InChI=1S/C28H35FN4O3/c1-6-21-26(28(34)35)27(31-23-14-18(5)8-9-20(23)29)19-15-24(25(36-7-2)16-22(19)30-21)33-12-10-32(11-13-33)17(3)4/h8-9,14-17H,6-7,10-13H2,1-5H3,(H,30,31)(H,34,35). The summed E-state index contributed by atoms with van der Waals surface area (Å²) in [6.07, 6.45) is 0.422. The van der Waals surface area contributed by atoms with Gasteiger partial charge in [0, 0.05) is 43.7 Å². The summed E-state index contributed by atoms with van der Waals surface area (Å²) in [5.74, 6) is -0.831. The molecule has 192 valence electrons. The molecule has 36 heavy (non-hydrogen) atoms. The lowest BCUT2D eigenvalue weighted by molar-refractivity contribution is 0.0696. The third kappa shape index (κ3) is 5.09. The predicted octanol–water partition coefficient (Wildman–Crippen LogP) is 5.62. The van der Waals surface area contributed by atoms with E-state index in [4.69, 9.17) is 9.72 Å². The van der Waals surface area contributed by atoms with Gasteiger partial charge in [0.25, 0.3) is 0 Å². The second-order valence-corrected chi connectivity index (χ2v) is 9.46. The van der Waals surface area contributed by atoms with Crippen LogP contribution in [0.4, 0.5) is 21.5 Å². The van der Waals surface area contributed by atoms with Crippen LogP contribution in [0.2, 0.25) is 0 Å². The molecule has 1 aliphatic rings. The number of aromatic carboxylic acids is 1. The number of benzene rings is 2. The Morgan fingerprint density at radius 3 is 2.50 bits per heavy atom. The third-order valence-corrected chi connectivity index (χ3v) is 6.76. The van der Waals surface area contributed by atoms with Gasteiger partial charge in [-0.2, -0.15) is 0 Å². The van der Waals surface area contributed by atoms with Crippen molar-refractivity contribution in [3.05, 3.63) is 53.0 Å². The highest BCUT2D eigenvalue weighted by Crippen LogP contribution is 2.40. The number of fused-ring (bicyclic) bond motifs is 1. The maximum atomic E-state index is 14.7. The van der Waals surface area contributed by atoms with Gasteiger partial charge in [-0.1, -0.05) is 13.0 Å². The fourth-order valence-electron chi connectivity index (χ4n) is 4.81. The summed E-state index contributed by atoms with van der Waals surface area (Å²) >= 11 is 0. The molecule has 1 saturated heterocycles. The normalized spacial score (nSPS) is 14.5. The molecule has 0 atom stereocenters. The highest BCUT2D eigenvalue weighted by molar-refractivity contribution is 6.08. The number of carbonyl (C=O) groups is 1. The first-order valence-corrected chi connectivity index (χ1v) is 12.6. The number of hydrogen-bond acceptors (Lipinski definition) is 6. The van der Waals surface area contributed by atoms with Crippen LogP contribution in [0.15, 0.2) is 30.3 Å². The minimum absolute atomic E-state index is 0.0608. The minimum atomic E-state index is -1.10. The Labute approximate surface area is 211 Å². The Morgan fingerprint density at radius 2 is 1.89 bits per heavy atom. The molecule has 2 aromatic carbocycles. The Kier molecular flexibility index (Phi) is 7.64. The van der Waals surface area contributed by atoms with Gasteiger partial charge in [-0.15, -0.1) is 0 Å². The zero-order valence-corrected chi connectivity index (χ0v) is 21.7. The van der Waals surface area contributed by atoms with Crippen LogP contribution in [0.3, 0.4) is 0 Å². The molecule has 4 rings (SSSR count). The van der Waals surface area contributed by atoms with Gasteiger partial charge in [0.1, 0.15) is 17.1 Å². The SMILES string of the molecule is CCOc1cc2nc(CC)c(C(=O)O)c(Nc3cc(C)ccc3F)c2cc1N1CCN(C(C)C)CC1. The van der Waals surface area contributed by atoms with E-state index >= 15 is 0 Å². The van der Waals surface area contributed by atoms with E-state index in [9.17, 15) is 14.3 Å². The summed E-state index contributed by atoms with van der Waals surface area (Å²) < 4.78 is 20.8. The molecule has 1 fully saturated rings. The van der Waals surface area contributed by atoms with Crippen molar-refractivity contribution >= 4 is 33.9 Å². The molecule has 3 aromatic rings.